The number of carbonyl (C=O) groups is 1. The van der Waals surface area contributed by atoms with Crippen LogP contribution in [0.15, 0.2) is 64.6 Å². The molecule has 1 amide bonds. The molecule has 4 nitrogen and oxygen atoms in total. The highest BCUT2D eigenvalue weighted by Gasteiger charge is 2.09. The molecule has 2 aromatic carbocycles. The summed E-state index contributed by atoms with van der Waals surface area (Å²) in [7, 11) is 0. The van der Waals surface area contributed by atoms with Gasteiger partial charge in [-0.15, -0.1) is 11.3 Å². The van der Waals surface area contributed by atoms with Gasteiger partial charge in [-0.2, -0.15) is 0 Å². The van der Waals surface area contributed by atoms with E-state index in [0.29, 0.717) is 5.56 Å². The summed E-state index contributed by atoms with van der Waals surface area (Å²) in [6.07, 6.45) is 2.04. The van der Waals surface area contributed by atoms with E-state index in [2.05, 4.69) is 42.9 Å². The molecule has 0 atom stereocenters. The van der Waals surface area contributed by atoms with Crippen LogP contribution < -0.4 is 5.32 Å². The number of hydrogen-bond acceptors (Lipinski definition) is 3. The number of carbonyl (C=O) groups excluding carboxylic acids is 1. The average Bonchev–Trinajstić information content (AvgIpc) is 3.18. The van der Waals surface area contributed by atoms with Crippen LogP contribution in [0.4, 0.5) is 5.69 Å². The van der Waals surface area contributed by atoms with Crippen molar-refractivity contribution in [2.75, 3.05) is 5.32 Å². The van der Waals surface area contributed by atoms with Gasteiger partial charge < -0.3 is 5.32 Å². The third kappa shape index (κ3) is 3.23. The standard InChI is InChI=1S/C19H14BrN3OS/c1-12-11-25-19-22-17(10-23(12)19)13-4-8-16(9-5-13)21-18(24)14-2-6-15(20)7-3-14/h2-11H,1H3,(H,21,24). The Morgan fingerprint density at radius 1 is 1.12 bits per heavy atom. The number of aryl methyl sites for hydroxylation is 1. The van der Waals surface area contributed by atoms with Gasteiger partial charge in [0, 0.05) is 38.6 Å². The van der Waals surface area contributed by atoms with Crippen LogP contribution in [0.25, 0.3) is 16.2 Å². The van der Waals surface area contributed by atoms with Gasteiger partial charge in [0.15, 0.2) is 4.96 Å². The quantitative estimate of drug-likeness (QED) is 0.491. The zero-order valence-electron chi connectivity index (χ0n) is 13.4. The zero-order valence-corrected chi connectivity index (χ0v) is 15.8. The maximum atomic E-state index is 12.3. The van der Waals surface area contributed by atoms with Crippen LogP contribution in [0.1, 0.15) is 16.1 Å². The van der Waals surface area contributed by atoms with Gasteiger partial charge in [0.1, 0.15) is 0 Å². The van der Waals surface area contributed by atoms with E-state index >= 15 is 0 Å². The predicted octanol–water partition coefficient (Wildman–Crippen LogP) is 5.39. The molecule has 0 bridgehead atoms. The van der Waals surface area contributed by atoms with E-state index in [1.165, 1.54) is 5.69 Å². The van der Waals surface area contributed by atoms with Crippen LogP contribution in [-0.4, -0.2) is 15.3 Å². The molecule has 0 spiro atoms. The number of amides is 1. The SMILES string of the molecule is Cc1csc2nc(-c3ccc(NC(=O)c4ccc(Br)cc4)cc3)cn12. The number of fused-ring (bicyclic) bond motifs is 1. The zero-order chi connectivity index (χ0) is 17.4. The number of imidazole rings is 1. The Balaban J connectivity index is 1.53. The van der Waals surface area contributed by atoms with Crippen molar-refractivity contribution in [3.8, 4) is 11.3 Å². The molecule has 4 aromatic rings. The first-order valence-corrected chi connectivity index (χ1v) is 9.38. The van der Waals surface area contributed by atoms with Gasteiger partial charge >= 0.3 is 0 Å². The number of nitrogens with zero attached hydrogens (tertiary/aromatic N) is 2. The fourth-order valence-electron chi connectivity index (χ4n) is 2.56. The molecule has 0 aliphatic heterocycles. The minimum absolute atomic E-state index is 0.126. The Kier molecular flexibility index (Phi) is 4.15. The average molecular weight is 412 g/mol. The number of anilines is 1. The number of thiazole rings is 1. The summed E-state index contributed by atoms with van der Waals surface area (Å²) < 4.78 is 3.03. The Hall–Kier alpha value is -2.44. The van der Waals surface area contributed by atoms with Crippen LogP contribution in [0.3, 0.4) is 0 Å². The van der Waals surface area contributed by atoms with Crippen LogP contribution in [0, 0.1) is 6.92 Å². The minimum Gasteiger partial charge on any atom is -0.322 e. The minimum atomic E-state index is -0.126. The first-order valence-electron chi connectivity index (χ1n) is 7.71. The van der Waals surface area contributed by atoms with Crippen LogP contribution >= 0.6 is 27.3 Å². The third-order valence-corrected chi connectivity index (χ3v) is 5.42. The van der Waals surface area contributed by atoms with E-state index < -0.39 is 0 Å². The first kappa shape index (κ1) is 16.1. The van der Waals surface area contributed by atoms with E-state index in [1.54, 1.807) is 23.5 Å². The molecule has 25 heavy (non-hydrogen) atoms. The lowest BCUT2D eigenvalue weighted by atomic mass is 10.1. The summed E-state index contributed by atoms with van der Waals surface area (Å²) in [5.74, 6) is -0.126. The van der Waals surface area contributed by atoms with Gasteiger partial charge in [-0.05, 0) is 43.3 Å². The summed E-state index contributed by atoms with van der Waals surface area (Å²) in [6, 6.07) is 15.0. The number of aromatic nitrogens is 2. The van der Waals surface area contributed by atoms with Crippen molar-refractivity contribution < 1.29 is 4.79 Å². The molecule has 0 fully saturated rings. The first-order chi connectivity index (χ1) is 12.1. The maximum absolute atomic E-state index is 12.3. The van der Waals surface area contributed by atoms with Crippen molar-refractivity contribution >= 4 is 43.8 Å². The van der Waals surface area contributed by atoms with Gasteiger partial charge in [0.25, 0.3) is 5.91 Å². The molecule has 2 heterocycles. The van der Waals surface area contributed by atoms with E-state index in [4.69, 9.17) is 0 Å². The number of hydrogen-bond donors (Lipinski definition) is 1. The molecule has 0 saturated heterocycles. The van der Waals surface area contributed by atoms with Crippen LogP contribution in [-0.2, 0) is 0 Å². The monoisotopic (exact) mass is 411 g/mol. The van der Waals surface area contributed by atoms with Crippen molar-refractivity contribution in [1.29, 1.82) is 0 Å². The molecule has 0 saturated carbocycles. The van der Waals surface area contributed by atoms with Crippen molar-refractivity contribution in [3.63, 3.8) is 0 Å². The lowest BCUT2D eigenvalue weighted by Gasteiger charge is -2.06. The number of rotatable bonds is 3. The number of halogens is 1. The van der Waals surface area contributed by atoms with Crippen LogP contribution in [0.2, 0.25) is 0 Å². The highest BCUT2D eigenvalue weighted by atomic mass is 79.9. The van der Waals surface area contributed by atoms with E-state index in [9.17, 15) is 4.79 Å². The van der Waals surface area contributed by atoms with Gasteiger partial charge in [-0.25, -0.2) is 4.98 Å². The lowest BCUT2D eigenvalue weighted by molar-refractivity contribution is 0.102. The van der Waals surface area contributed by atoms with E-state index in [-0.39, 0.29) is 5.91 Å². The molecule has 0 unspecified atom stereocenters. The molecule has 124 valence electrons. The van der Waals surface area contributed by atoms with Crippen LogP contribution in [0.5, 0.6) is 0 Å². The molecule has 4 rings (SSSR count). The second kappa shape index (κ2) is 6.46. The smallest absolute Gasteiger partial charge is 0.255 e. The molecule has 0 aliphatic carbocycles. The van der Waals surface area contributed by atoms with Crippen molar-refractivity contribution in [3.05, 3.63) is 75.8 Å². The fraction of sp³-hybridized carbons (Fsp3) is 0.0526. The van der Waals surface area contributed by atoms with Crippen molar-refractivity contribution in [2.24, 2.45) is 0 Å². The van der Waals surface area contributed by atoms with E-state index in [1.807, 2.05) is 42.6 Å². The maximum Gasteiger partial charge on any atom is 0.255 e. The third-order valence-electron chi connectivity index (χ3n) is 3.93. The normalized spacial score (nSPS) is 11.0. The van der Waals surface area contributed by atoms with Gasteiger partial charge in [-0.1, -0.05) is 28.1 Å². The predicted molar refractivity (Wildman–Crippen MR) is 105 cm³/mol. The Morgan fingerprint density at radius 3 is 2.52 bits per heavy atom. The molecule has 6 heteroatoms. The molecule has 0 aliphatic rings. The summed E-state index contributed by atoms with van der Waals surface area (Å²) >= 11 is 5.00. The molecular weight excluding hydrogens is 398 g/mol. The van der Waals surface area contributed by atoms with Gasteiger partial charge in [-0.3, -0.25) is 9.20 Å². The Bertz CT molecular complexity index is 1050. The van der Waals surface area contributed by atoms with Gasteiger partial charge in [0.05, 0.1) is 5.69 Å². The summed E-state index contributed by atoms with van der Waals surface area (Å²) in [4.78, 5) is 17.9. The highest BCUT2D eigenvalue weighted by molar-refractivity contribution is 9.10. The molecule has 2 aromatic heterocycles. The van der Waals surface area contributed by atoms with Crippen molar-refractivity contribution in [1.82, 2.24) is 9.38 Å². The summed E-state index contributed by atoms with van der Waals surface area (Å²) in [5, 5.41) is 5.00. The number of benzene rings is 2. The molecule has 0 radical (unpaired) electrons. The van der Waals surface area contributed by atoms with E-state index in [0.717, 1.165) is 26.4 Å². The molecule has 1 N–H and O–H groups in total. The topological polar surface area (TPSA) is 46.4 Å². The highest BCUT2D eigenvalue weighted by Crippen LogP contribution is 2.24. The molecular formula is C19H14BrN3OS. The number of nitrogens with one attached hydrogen (secondary N) is 1. The van der Waals surface area contributed by atoms with Crippen molar-refractivity contribution in [2.45, 2.75) is 6.92 Å². The fourth-order valence-corrected chi connectivity index (χ4v) is 3.68. The second-order valence-electron chi connectivity index (χ2n) is 5.69. The largest absolute Gasteiger partial charge is 0.322 e. The summed E-state index contributed by atoms with van der Waals surface area (Å²) in [5.41, 5.74) is 4.51. The lowest BCUT2D eigenvalue weighted by Crippen LogP contribution is -2.11. The Labute approximate surface area is 157 Å². The van der Waals surface area contributed by atoms with Gasteiger partial charge in [0.2, 0.25) is 0 Å². The second-order valence-corrected chi connectivity index (χ2v) is 7.45. The summed E-state index contributed by atoms with van der Waals surface area (Å²) in [6.45, 7) is 2.07. The Morgan fingerprint density at radius 2 is 1.84 bits per heavy atom.